The van der Waals surface area contributed by atoms with Gasteiger partial charge in [0.25, 0.3) is 5.91 Å². The summed E-state index contributed by atoms with van der Waals surface area (Å²) in [6.45, 7) is 4.24. The van der Waals surface area contributed by atoms with Crippen LogP contribution in [0.25, 0.3) is 10.9 Å². The van der Waals surface area contributed by atoms with Gasteiger partial charge in [0.05, 0.1) is 42.5 Å². The Balaban J connectivity index is 1.21. The smallest absolute Gasteiger partial charge is 0.348 e. The largest absolute Gasteiger partial charge is 0.504 e. The standard InChI is InChI=1S/C33H37N7O12S2/c1-2-38-10-15(26(44)17-5-6-19(41)27(45)25(17)38)11-40(7-3-4-8-40)12-16-13-53-30-23(29(47)39(30)24(16)32(50)51)36-28(46)22(18-14-54-33(34)35-18)37-52-20(31(48)49)9-21(42)43/h5-6,10,14,16,20,23-24,30H,2-4,7-9,11-13H2,1H3,(H7-,34,35,36,37,41,42,43,44,45,46,48,49,50,51)/p+1/t16?,20-,23+,24?,30+/m0/s1. The number of rotatable bonds is 14. The van der Waals surface area contributed by atoms with Crippen LogP contribution in [0.2, 0.25) is 0 Å². The lowest BCUT2D eigenvalue weighted by molar-refractivity contribution is -0.932. The minimum absolute atomic E-state index is 0.0320. The van der Waals surface area contributed by atoms with Crippen molar-refractivity contribution in [2.45, 2.75) is 62.8 Å². The molecule has 6 rings (SSSR count). The molecule has 2 aromatic heterocycles. The first kappa shape index (κ1) is 38.3. The molecule has 3 saturated heterocycles. The summed E-state index contributed by atoms with van der Waals surface area (Å²) in [7, 11) is 0. The first-order chi connectivity index (χ1) is 25.6. The van der Waals surface area contributed by atoms with Crippen molar-refractivity contribution >= 4 is 74.6 Å². The molecule has 3 aliphatic rings. The average Bonchev–Trinajstić information content (AvgIpc) is 3.77. The zero-order valence-electron chi connectivity index (χ0n) is 28.8. The monoisotopic (exact) mass is 788 g/mol. The van der Waals surface area contributed by atoms with E-state index in [2.05, 4.69) is 15.5 Å². The summed E-state index contributed by atoms with van der Waals surface area (Å²) in [6, 6.07) is 0.319. The van der Waals surface area contributed by atoms with Crippen LogP contribution in [0.15, 0.2) is 33.7 Å². The summed E-state index contributed by atoms with van der Waals surface area (Å²) in [5, 5.41) is 56.4. The number of nitrogens with one attached hydrogen (secondary N) is 1. The Kier molecular flexibility index (Phi) is 10.7. The van der Waals surface area contributed by atoms with Crippen molar-refractivity contribution in [3.8, 4) is 11.5 Å². The number of nitrogens with two attached hydrogens (primary N) is 1. The highest BCUT2D eigenvalue weighted by Crippen LogP contribution is 2.42. The quantitative estimate of drug-likeness (QED) is 0.0383. The second-order valence-corrected chi connectivity index (χ2v) is 15.5. The van der Waals surface area contributed by atoms with Crippen LogP contribution < -0.4 is 16.5 Å². The number of aliphatic carboxylic acids is 3. The van der Waals surface area contributed by atoms with Crippen LogP contribution in [-0.4, -0.2) is 129 Å². The van der Waals surface area contributed by atoms with Crippen molar-refractivity contribution in [1.82, 2.24) is 19.8 Å². The predicted octanol–water partition coefficient (Wildman–Crippen LogP) is 0.400. The number of fused-ring (bicyclic) bond motifs is 2. The number of pyridine rings is 1. The molecule has 0 bridgehead atoms. The first-order valence-electron chi connectivity index (χ1n) is 16.9. The van der Waals surface area contributed by atoms with E-state index in [0.29, 0.717) is 48.5 Å². The highest BCUT2D eigenvalue weighted by molar-refractivity contribution is 8.00. The van der Waals surface area contributed by atoms with Gasteiger partial charge < -0.3 is 55.4 Å². The average molecular weight is 789 g/mol. The molecule has 3 aliphatic heterocycles. The van der Waals surface area contributed by atoms with Gasteiger partial charge in [0.15, 0.2) is 27.8 Å². The van der Waals surface area contributed by atoms with E-state index in [1.54, 1.807) is 10.8 Å². The Bertz CT molecular complexity index is 2110. The number of thiazole rings is 1. The molecule has 0 aliphatic carbocycles. The summed E-state index contributed by atoms with van der Waals surface area (Å²) < 4.78 is 2.11. The fourth-order valence-corrected chi connectivity index (χ4v) is 9.57. The molecule has 0 radical (unpaired) electrons. The number of nitrogens with zero attached hydrogens (tertiary/aromatic N) is 5. The zero-order chi connectivity index (χ0) is 39.1. The van der Waals surface area contributed by atoms with E-state index in [4.69, 9.17) is 15.7 Å². The number of carboxylic acids is 3. The number of aromatic hydroxyl groups is 2. The Hall–Kier alpha value is -5.41. The third-order valence-corrected chi connectivity index (χ3v) is 12.1. The number of carboxylic acid groups (broad SMARTS) is 3. The van der Waals surface area contributed by atoms with E-state index in [-0.39, 0.29) is 38.7 Å². The van der Waals surface area contributed by atoms with E-state index >= 15 is 0 Å². The SMILES string of the molecule is CCn1cc(C[N+]2(CC3CS[C@@H]4[C@H](NC(=O)/C(=N\O[C@@H](CC(=O)O)C(=O)O)c5csc(N)n5)C(=O)N4C3C(=O)O)CCCC2)c(=O)c2ccc(O)c(O)c21. The number of hydrogen-bond acceptors (Lipinski definition) is 14. The van der Waals surface area contributed by atoms with E-state index in [9.17, 15) is 49.2 Å². The maximum absolute atomic E-state index is 13.7. The highest BCUT2D eigenvalue weighted by atomic mass is 32.2. The van der Waals surface area contributed by atoms with Crippen molar-refractivity contribution < 1.29 is 58.8 Å². The number of likely N-dealkylation sites (tertiary alicyclic amines) is 1. The Labute approximate surface area is 314 Å². The van der Waals surface area contributed by atoms with E-state index in [1.807, 2.05) is 6.92 Å². The van der Waals surface area contributed by atoms with Crippen LogP contribution in [0, 0.1) is 5.92 Å². The number of amides is 2. The minimum atomic E-state index is -1.94. The van der Waals surface area contributed by atoms with Crippen LogP contribution in [0.4, 0.5) is 5.13 Å². The van der Waals surface area contributed by atoms with Crippen LogP contribution >= 0.6 is 23.1 Å². The number of aryl methyl sites for hydroxylation is 1. The topological polar surface area (TPSA) is 284 Å². The van der Waals surface area contributed by atoms with Crippen LogP contribution in [0.5, 0.6) is 11.5 Å². The molecule has 19 nitrogen and oxygen atoms in total. The molecular formula is C33H38N7O12S2+. The van der Waals surface area contributed by atoms with Crippen LogP contribution in [0.3, 0.4) is 0 Å². The lowest BCUT2D eigenvalue weighted by atomic mass is 9.92. The Morgan fingerprint density at radius 3 is 2.48 bits per heavy atom. The number of phenolic OH excluding ortho intramolecular Hbond substituents is 2. The number of thioether (sulfide) groups is 1. The maximum atomic E-state index is 13.7. The molecule has 54 heavy (non-hydrogen) atoms. The number of oxime groups is 1. The van der Waals surface area contributed by atoms with Gasteiger partial charge in [0.1, 0.15) is 29.7 Å². The number of carbonyl (C=O) groups is 5. The third kappa shape index (κ3) is 7.25. The molecule has 288 valence electrons. The van der Waals surface area contributed by atoms with Gasteiger partial charge in [-0.3, -0.25) is 19.2 Å². The molecule has 8 N–H and O–H groups in total. The molecule has 1 aromatic carbocycles. The second-order valence-electron chi connectivity index (χ2n) is 13.4. The summed E-state index contributed by atoms with van der Waals surface area (Å²) in [4.78, 5) is 86.4. The number of nitrogen functional groups attached to an aromatic ring is 1. The number of aromatic nitrogens is 2. The first-order valence-corrected chi connectivity index (χ1v) is 18.9. The lowest BCUT2D eigenvalue weighted by Gasteiger charge is -2.55. The highest BCUT2D eigenvalue weighted by Gasteiger charge is 2.59. The summed E-state index contributed by atoms with van der Waals surface area (Å²) in [5.41, 5.74) is 5.43. The molecule has 3 fully saturated rings. The zero-order valence-corrected chi connectivity index (χ0v) is 30.4. The van der Waals surface area contributed by atoms with Gasteiger partial charge in [-0.25, -0.2) is 14.6 Å². The van der Waals surface area contributed by atoms with Crippen LogP contribution in [-0.2, 0) is 41.9 Å². The number of benzene rings is 1. The summed E-state index contributed by atoms with van der Waals surface area (Å²) >= 11 is 2.23. The van der Waals surface area contributed by atoms with Gasteiger partial charge in [0, 0.05) is 42.6 Å². The molecule has 2 unspecified atom stereocenters. The van der Waals surface area contributed by atoms with Gasteiger partial charge in [0.2, 0.25) is 12.0 Å². The fraction of sp³-hybridized carbons (Fsp3) is 0.455. The van der Waals surface area contributed by atoms with E-state index in [1.165, 1.54) is 34.2 Å². The van der Waals surface area contributed by atoms with Crippen molar-refractivity contribution in [1.29, 1.82) is 0 Å². The number of β-lactam (4-membered cyclic amide) rings is 1. The lowest BCUT2D eigenvalue weighted by Crippen LogP contribution is -2.76. The van der Waals surface area contributed by atoms with Crippen molar-refractivity contribution in [3.63, 3.8) is 0 Å². The predicted molar refractivity (Wildman–Crippen MR) is 193 cm³/mol. The number of carbonyl (C=O) groups excluding carboxylic acids is 2. The van der Waals surface area contributed by atoms with Gasteiger partial charge in [-0.15, -0.1) is 23.1 Å². The second kappa shape index (κ2) is 15.1. The fourth-order valence-electron chi connectivity index (χ4n) is 7.52. The molecule has 3 aromatic rings. The normalized spacial score (nSPS) is 22.6. The van der Waals surface area contributed by atoms with E-state index < -0.39 is 71.3 Å². The van der Waals surface area contributed by atoms with Crippen molar-refractivity contribution in [2.24, 2.45) is 11.1 Å². The van der Waals surface area contributed by atoms with Gasteiger partial charge >= 0.3 is 17.9 Å². The van der Waals surface area contributed by atoms with Gasteiger partial charge in [-0.1, -0.05) is 5.16 Å². The molecule has 0 spiro atoms. The van der Waals surface area contributed by atoms with Crippen LogP contribution in [0.1, 0.15) is 37.4 Å². The Morgan fingerprint density at radius 1 is 1.15 bits per heavy atom. The van der Waals surface area contributed by atoms with Crippen molar-refractivity contribution in [2.75, 3.05) is 31.1 Å². The van der Waals surface area contributed by atoms with E-state index in [0.717, 1.165) is 24.2 Å². The van der Waals surface area contributed by atoms with Gasteiger partial charge in [-0.05, 0) is 19.1 Å². The minimum Gasteiger partial charge on any atom is -0.504 e. The third-order valence-electron chi connectivity index (χ3n) is 9.98. The number of quaternary nitrogens is 1. The Morgan fingerprint density at radius 2 is 1.87 bits per heavy atom. The number of phenols is 2. The summed E-state index contributed by atoms with van der Waals surface area (Å²) in [6.07, 6.45) is 0.466. The van der Waals surface area contributed by atoms with Gasteiger partial charge in [-0.2, -0.15) is 0 Å². The number of anilines is 1. The molecule has 5 heterocycles. The van der Waals surface area contributed by atoms with Crippen molar-refractivity contribution in [3.05, 3.63) is 45.2 Å². The maximum Gasteiger partial charge on any atom is 0.348 e. The number of hydrogen-bond donors (Lipinski definition) is 7. The molecule has 0 saturated carbocycles. The summed E-state index contributed by atoms with van der Waals surface area (Å²) in [5.74, 6) is -6.98. The molecular weight excluding hydrogens is 751 g/mol. The molecule has 2 amide bonds. The molecule has 5 atom stereocenters. The molecule has 21 heteroatoms.